The second-order valence-electron chi connectivity index (χ2n) is 7.30. The number of hydrogen-bond acceptors (Lipinski definition) is 7. The molecule has 9 nitrogen and oxygen atoms in total. The van der Waals surface area contributed by atoms with Crippen LogP contribution in [-0.2, 0) is 19.8 Å². The second-order valence-corrected chi connectivity index (χ2v) is 8.27. The van der Waals surface area contributed by atoms with Crippen LogP contribution in [0, 0.1) is 24.0 Å². The molecule has 3 aromatic rings. The number of thioether (sulfide) groups is 1. The highest BCUT2D eigenvalue weighted by Crippen LogP contribution is 2.27. The molecule has 0 aliphatic heterocycles. The maximum absolute atomic E-state index is 12.9. The molecule has 3 rings (SSSR count). The summed E-state index contributed by atoms with van der Waals surface area (Å²) in [6, 6.07) is 11.6. The van der Waals surface area contributed by atoms with Gasteiger partial charge in [-0.15, -0.1) is 11.8 Å². The molecule has 0 fully saturated rings. The molecule has 10 heteroatoms. The summed E-state index contributed by atoms with van der Waals surface area (Å²) in [5.41, 5.74) is 2.05. The van der Waals surface area contributed by atoms with Gasteiger partial charge >= 0.3 is 5.69 Å². The minimum Gasteiger partial charge on any atom is -0.494 e. The van der Waals surface area contributed by atoms with Crippen LogP contribution in [0.25, 0.3) is 0 Å². The van der Waals surface area contributed by atoms with Crippen LogP contribution in [0.4, 0.5) is 11.4 Å². The van der Waals surface area contributed by atoms with E-state index in [0.717, 1.165) is 25.8 Å². The van der Waals surface area contributed by atoms with Crippen molar-refractivity contribution in [3.8, 4) is 5.88 Å². The third-order valence-corrected chi connectivity index (χ3v) is 6.14. The summed E-state index contributed by atoms with van der Waals surface area (Å²) in [6.07, 6.45) is 0. The molecule has 166 valence electrons. The van der Waals surface area contributed by atoms with Crippen molar-refractivity contribution in [2.75, 3.05) is 0 Å². The molecule has 1 aromatic heterocycles. The summed E-state index contributed by atoms with van der Waals surface area (Å²) < 4.78 is 1.90. The first-order chi connectivity index (χ1) is 15.1. The number of hydrogen-bond donors (Lipinski definition) is 1. The maximum Gasteiger partial charge on any atom is 0.333 e. The van der Waals surface area contributed by atoms with Gasteiger partial charge in [0, 0.05) is 32.0 Å². The molecule has 0 unspecified atom stereocenters. The molecular weight excluding hydrogens is 432 g/mol. The Morgan fingerprint density at radius 3 is 2.31 bits per heavy atom. The van der Waals surface area contributed by atoms with Crippen molar-refractivity contribution in [2.45, 2.75) is 19.6 Å². The van der Waals surface area contributed by atoms with Gasteiger partial charge in [-0.2, -0.15) is 0 Å². The van der Waals surface area contributed by atoms with E-state index in [-0.39, 0.29) is 16.3 Å². The van der Waals surface area contributed by atoms with Crippen LogP contribution in [0.3, 0.4) is 0 Å². The molecule has 1 heterocycles. The summed E-state index contributed by atoms with van der Waals surface area (Å²) in [4.78, 5) is 40.0. The van der Waals surface area contributed by atoms with Crippen LogP contribution in [0.1, 0.15) is 22.3 Å². The van der Waals surface area contributed by atoms with Crippen LogP contribution in [0.5, 0.6) is 5.88 Å². The highest BCUT2D eigenvalue weighted by atomic mass is 32.2. The van der Waals surface area contributed by atoms with E-state index in [4.69, 9.17) is 0 Å². The third-order valence-electron chi connectivity index (χ3n) is 5.09. The van der Waals surface area contributed by atoms with E-state index in [9.17, 15) is 24.8 Å². The molecule has 2 aromatic carbocycles. The lowest BCUT2D eigenvalue weighted by Gasteiger charge is -2.13. The van der Waals surface area contributed by atoms with E-state index in [1.54, 1.807) is 18.2 Å². The van der Waals surface area contributed by atoms with Crippen LogP contribution in [0.2, 0.25) is 0 Å². The zero-order valence-corrected chi connectivity index (χ0v) is 18.8. The molecule has 0 amide bonds. The Morgan fingerprint density at radius 1 is 1.06 bits per heavy atom. The normalized spacial score (nSPS) is 11.6. The zero-order chi connectivity index (χ0) is 23.6. The van der Waals surface area contributed by atoms with E-state index in [1.807, 2.05) is 26.0 Å². The highest BCUT2D eigenvalue weighted by Gasteiger charge is 2.21. The van der Waals surface area contributed by atoms with Crippen LogP contribution in [-0.4, -0.2) is 24.2 Å². The summed E-state index contributed by atoms with van der Waals surface area (Å²) in [7, 11) is 2.71. The molecule has 0 bridgehead atoms. The smallest absolute Gasteiger partial charge is 0.333 e. The van der Waals surface area contributed by atoms with Crippen molar-refractivity contribution in [2.24, 2.45) is 19.1 Å². The predicted molar refractivity (Wildman–Crippen MR) is 125 cm³/mol. The SMILES string of the molecule is Cc1ccc(N=C(SCc2ccc([N+](=O)[O-])cc2)c2c(O)n(C)c(=O)n(C)c2=O)cc1C. The number of aromatic nitrogens is 2. The van der Waals surface area contributed by atoms with Crippen molar-refractivity contribution in [1.82, 2.24) is 9.13 Å². The van der Waals surface area contributed by atoms with Crippen LogP contribution < -0.4 is 11.2 Å². The minimum atomic E-state index is -0.663. The first kappa shape index (κ1) is 23.0. The van der Waals surface area contributed by atoms with Gasteiger partial charge in [0.1, 0.15) is 10.6 Å². The Bertz CT molecular complexity index is 1340. The number of rotatable bonds is 5. The minimum absolute atomic E-state index is 0.0210. The summed E-state index contributed by atoms with van der Waals surface area (Å²) in [6.45, 7) is 3.92. The Kier molecular flexibility index (Phi) is 6.64. The van der Waals surface area contributed by atoms with Crippen molar-refractivity contribution < 1.29 is 10.0 Å². The van der Waals surface area contributed by atoms with E-state index in [0.29, 0.717) is 11.4 Å². The molecule has 0 aliphatic carbocycles. The fraction of sp³-hybridized carbons (Fsp3) is 0.227. The largest absolute Gasteiger partial charge is 0.494 e. The Balaban J connectivity index is 2.09. The van der Waals surface area contributed by atoms with Gasteiger partial charge < -0.3 is 5.11 Å². The molecule has 32 heavy (non-hydrogen) atoms. The summed E-state index contributed by atoms with van der Waals surface area (Å²) in [5.74, 6) is -0.135. The fourth-order valence-electron chi connectivity index (χ4n) is 2.96. The van der Waals surface area contributed by atoms with E-state index in [2.05, 4.69) is 4.99 Å². The van der Waals surface area contributed by atoms with Gasteiger partial charge in [-0.05, 0) is 42.7 Å². The standard InChI is InChI=1S/C22H22N4O5S/c1-13-5-8-16(11-14(13)2)23-19(18-20(27)24(3)22(29)25(4)21(18)28)32-12-15-6-9-17(10-7-15)26(30)31/h5-11,27H,12H2,1-4H3. The van der Waals surface area contributed by atoms with Gasteiger partial charge in [-0.25, -0.2) is 9.79 Å². The second kappa shape index (κ2) is 9.23. The molecular formula is C22H22N4O5S. The monoisotopic (exact) mass is 454 g/mol. The lowest BCUT2D eigenvalue weighted by atomic mass is 10.1. The van der Waals surface area contributed by atoms with Crippen molar-refractivity contribution >= 4 is 28.2 Å². The molecule has 0 radical (unpaired) electrons. The van der Waals surface area contributed by atoms with Crippen molar-refractivity contribution in [3.05, 3.63) is 95.7 Å². The lowest BCUT2D eigenvalue weighted by Crippen LogP contribution is -2.39. The average molecular weight is 455 g/mol. The number of aliphatic imine (C=N–C) groups is 1. The van der Waals surface area contributed by atoms with Gasteiger partial charge in [-0.3, -0.25) is 24.0 Å². The van der Waals surface area contributed by atoms with Crippen molar-refractivity contribution in [1.29, 1.82) is 0 Å². The molecule has 0 aliphatic rings. The summed E-state index contributed by atoms with van der Waals surface area (Å²) >= 11 is 1.19. The highest BCUT2D eigenvalue weighted by molar-refractivity contribution is 8.13. The van der Waals surface area contributed by atoms with E-state index >= 15 is 0 Å². The average Bonchev–Trinajstić information content (AvgIpc) is 2.77. The number of aryl methyl sites for hydroxylation is 2. The molecule has 0 spiro atoms. The number of aromatic hydroxyl groups is 1. The van der Waals surface area contributed by atoms with Gasteiger partial charge in [0.25, 0.3) is 11.2 Å². The molecule has 0 saturated heterocycles. The number of nitrogens with zero attached hydrogens (tertiary/aromatic N) is 4. The number of nitro groups is 1. The zero-order valence-electron chi connectivity index (χ0n) is 18.0. The Hall–Kier alpha value is -3.66. The first-order valence-electron chi connectivity index (χ1n) is 9.61. The van der Waals surface area contributed by atoms with Gasteiger partial charge in [0.2, 0.25) is 5.88 Å². The third kappa shape index (κ3) is 4.65. The van der Waals surface area contributed by atoms with E-state index in [1.165, 1.54) is 38.0 Å². The summed E-state index contributed by atoms with van der Waals surface area (Å²) in [5, 5.41) is 21.7. The number of non-ortho nitro benzene ring substituents is 1. The fourth-order valence-corrected chi connectivity index (χ4v) is 3.95. The predicted octanol–water partition coefficient (Wildman–Crippen LogP) is 3.33. The van der Waals surface area contributed by atoms with E-state index < -0.39 is 22.1 Å². The van der Waals surface area contributed by atoms with Gasteiger partial charge in [-0.1, -0.05) is 18.2 Å². The molecule has 0 saturated carbocycles. The maximum atomic E-state index is 12.9. The Labute approximate surface area is 187 Å². The topological polar surface area (TPSA) is 120 Å². The number of benzene rings is 2. The first-order valence-corrected chi connectivity index (χ1v) is 10.6. The van der Waals surface area contributed by atoms with Gasteiger partial charge in [0.15, 0.2) is 0 Å². The quantitative estimate of drug-likeness (QED) is 0.273. The van der Waals surface area contributed by atoms with Crippen LogP contribution >= 0.6 is 11.8 Å². The molecule has 0 atom stereocenters. The van der Waals surface area contributed by atoms with Gasteiger partial charge in [0.05, 0.1) is 10.6 Å². The van der Waals surface area contributed by atoms with Crippen LogP contribution in [0.15, 0.2) is 57.0 Å². The Morgan fingerprint density at radius 2 is 1.72 bits per heavy atom. The lowest BCUT2D eigenvalue weighted by molar-refractivity contribution is -0.384. The molecule has 1 N–H and O–H groups in total. The van der Waals surface area contributed by atoms with Crippen molar-refractivity contribution in [3.63, 3.8) is 0 Å². The number of nitro benzene ring substituents is 1.